The van der Waals surface area contributed by atoms with Crippen LogP contribution in [0, 0.1) is 0 Å². The average molecular weight is 707 g/mol. The molecule has 0 aliphatic carbocycles. The Bertz CT molecular complexity index is 508. The van der Waals surface area contributed by atoms with Gasteiger partial charge in [-0.1, -0.05) is 0 Å². The molecule has 0 saturated heterocycles. The zero-order valence-electron chi connectivity index (χ0n) is 16.8. The van der Waals surface area contributed by atoms with Crippen LogP contribution in [0.2, 0.25) is 0 Å². The molecule has 0 amide bonds. The first-order chi connectivity index (χ1) is 9.00. The van der Waals surface area contributed by atoms with Crippen LogP contribution in [-0.4, -0.2) is 70.1 Å². The second-order valence-corrected chi connectivity index (χ2v) is 5.07. The molecule has 0 aliphatic rings. The van der Waals surface area contributed by atoms with Gasteiger partial charge in [0, 0.05) is 10.4 Å². The van der Waals surface area contributed by atoms with Gasteiger partial charge in [0.25, 0.3) is 0 Å². The van der Waals surface area contributed by atoms with Crippen molar-refractivity contribution >= 4 is 41.6 Å². The van der Waals surface area contributed by atoms with Crippen LogP contribution in [0.1, 0.15) is 0 Å². The summed E-state index contributed by atoms with van der Waals surface area (Å²) in [6, 6.07) is 0. The molecule has 0 unspecified atom stereocenters. The van der Waals surface area contributed by atoms with Crippen LogP contribution in [0.5, 0.6) is 0 Å². The largest absolute Gasteiger partial charge is 3.00 e. The maximum atomic E-state index is 8.63. The van der Waals surface area contributed by atoms with Crippen molar-refractivity contribution < 1.29 is 114 Å². The van der Waals surface area contributed by atoms with E-state index in [-0.39, 0.29) is 95.1 Å². The molecule has 0 aromatic heterocycles. The van der Waals surface area contributed by atoms with Crippen LogP contribution in [0.25, 0.3) is 0 Å². The van der Waals surface area contributed by atoms with Gasteiger partial charge in [0.05, 0.1) is 0 Å². The second kappa shape index (κ2) is 58.7. The Morgan fingerprint density at radius 3 is 0.353 bits per heavy atom. The molecule has 0 bridgehead atoms. The van der Waals surface area contributed by atoms with Gasteiger partial charge in [-0.25, -0.2) is 25.3 Å². The summed E-state index contributed by atoms with van der Waals surface area (Å²) in [5.74, 6) is 0. The summed E-state index contributed by atoms with van der Waals surface area (Å²) < 4.78 is 133. The van der Waals surface area contributed by atoms with Crippen molar-refractivity contribution in [2.24, 2.45) is 0 Å². The van der Waals surface area contributed by atoms with Crippen molar-refractivity contribution in [3.8, 4) is 0 Å². The van der Waals surface area contributed by atoms with Crippen molar-refractivity contribution in [1.82, 2.24) is 61.5 Å². The summed E-state index contributed by atoms with van der Waals surface area (Å²) in [6.45, 7) is 0. The summed E-state index contributed by atoms with van der Waals surface area (Å²) in [6.07, 6.45) is 0. The third kappa shape index (κ3) is 183000000. The molecular formula is H33Co2N10O18S4. The summed E-state index contributed by atoms with van der Waals surface area (Å²) in [5.41, 5.74) is 0. The van der Waals surface area contributed by atoms with Gasteiger partial charge in [0.15, 0.2) is 0 Å². The molecule has 0 spiro atoms. The van der Waals surface area contributed by atoms with E-state index in [1.165, 1.54) is 0 Å². The topological polar surface area (TPSA) is 706 Å². The first kappa shape index (κ1) is 128. The third-order valence-electron chi connectivity index (χ3n) is 0. The molecule has 0 aliphatic heterocycles. The summed E-state index contributed by atoms with van der Waals surface area (Å²) >= 11 is 0. The van der Waals surface area contributed by atoms with Gasteiger partial charge in [-0.2, -0.15) is 0 Å². The van der Waals surface area contributed by atoms with Gasteiger partial charge in [0.1, 0.15) is 0 Å². The molecule has 0 saturated carbocycles. The summed E-state index contributed by atoms with van der Waals surface area (Å²) in [5, 5.41) is 14.0. The number of hydrogen-bond acceptors (Lipinski definition) is 24. The Morgan fingerprint density at radius 2 is 0.353 bits per heavy atom. The van der Waals surface area contributed by atoms with Gasteiger partial charge in [-0.15, -0.1) is 0 Å². The van der Waals surface area contributed by atoms with Crippen molar-refractivity contribution in [1.29, 1.82) is 0 Å². The molecule has 0 atom stereocenters. The minimum Gasteiger partial charge on any atom is -0.759 e. The van der Waals surface area contributed by atoms with Gasteiger partial charge >= 0.3 is 33.6 Å². The van der Waals surface area contributed by atoms with E-state index >= 15 is 0 Å². The smallest absolute Gasteiger partial charge is 0.759 e. The standard InChI is InChI=1S/2Co.10H3N.4H2O4S.O2/c;;;;;;;;;;;;4*1-5(2,3)4;1-2/h;;10*1H3;4*(H2,1,2,3,4);/q2*+3;;;;;;;;;;;;;;;-1/p-5. The quantitative estimate of drug-likeness (QED) is 0.0493. The fourth-order valence-electron chi connectivity index (χ4n) is 0. The number of rotatable bonds is 0. The van der Waals surface area contributed by atoms with Crippen molar-refractivity contribution in [3.05, 3.63) is 0 Å². The van der Waals surface area contributed by atoms with Crippen molar-refractivity contribution in [2.75, 3.05) is 0 Å². The molecule has 1 radical (unpaired) electrons. The zero-order valence-corrected chi connectivity index (χ0v) is 22.2. The monoisotopic (exact) mass is 707 g/mol. The minimum atomic E-state index is -5.17. The molecule has 34 heavy (non-hydrogen) atoms. The van der Waals surface area contributed by atoms with Crippen LogP contribution in [0.3, 0.4) is 0 Å². The van der Waals surface area contributed by atoms with E-state index < -0.39 is 41.6 Å². The van der Waals surface area contributed by atoms with Crippen LogP contribution >= 0.6 is 0 Å². The Balaban J connectivity index is -0.00000000661. The predicted octanol–water partition coefficient (Wildman–Crippen LogP) is -4.02. The van der Waals surface area contributed by atoms with E-state index in [4.69, 9.17) is 80.6 Å². The Kier molecular flexibility index (Phi) is 221. The normalized spacial score (nSPS) is 7.00. The molecule has 33 N–H and O–H groups in total. The molecule has 0 fully saturated rings. The first-order valence-corrected chi connectivity index (χ1v) is 8.31. The predicted molar refractivity (Wildman–Crippen MR) is 98.4 cm³/mol. The summed E-state index contributed by atoms with van der Waals surface area (Å²) in [4.78, 5) is 0. The third-order valence-corrected chi connectivity index (χ3v) is 0. The van der Waals surface area contributed by atoms with E-state index in [0.717, 1.165) is 0 Å². The fourth-order valence-corrected chi connectivity index (χ4v) is 0. The zero-order chi connectivity index (χ0) is 20.0. The molecule has 0 rings (SSSR count). The van der Waals surface area contributed by atoms with Crippen LogP contribution in [-0.2, 0) is 80.4 Å². The molecule has 0 aromatic carbocycles. The molecule has 34 heteroatoms. The Hall–Kier alpha value is 0.0130. The van der Waals surface area contributed by atoms with E-state index in [1.54, 1.807) is 0 Å². The van der Waals surface area contributed by atoms with Crippen LogP contribution in [0.15, 0.2) is 0 Å². The molecule has 0 heterocycles. The summed E-state index contributed by atoms with van der Waals surface area (Å²) in [7, 11) is -19.9. The van der Waals surface area contributed by atoms with Gasteiger partial charge < -0.3 is 94.8 Å². The Labute approximate surface area is 216 Å². The fraction of sp³-hybridized carbons (Fsp3) is 0. The second-order valence-electron chi connectivity index (χ2n) is 1.69. The van der Waals surface area contributed by atoms with E-state index in [9.17, 15) is 0 Å². The van der Waals surface area contributed by atoms with Gasteiger partial charge in [-0.05, 0) is 0 Å². The molecule has 233 valence electrons. The van der Waals surface area contributed by atoms with Crippen LogP contribution < -0.4 is 66.8 Å². The number of hydrogen-bond donors (Lipinski definition) is 13. The first-order valence-electron chi connectivity index (χ1n) is 2.88. The van der Waals surface area contributed by atoms with Gasteiger partial charge in [-0.3, -0.25) is 22.1 Å². The molecular weight excluding hydrogens is 674 g/mol. The SMILES string of the molecule is N.N.N.N.N.N.N.N.N.N.O=S(=O)([O-])O.O=S(=O)([O-])O.O=S(=O)([O-])O.O=S(=O)([O-])[O-].[Co+3].[Co+3].[O][O-]. The minimum absolute atomic E-state index is 0. The van der Waals surface area contributed by atoms with Crippen molar-refractivity contribution in [2.45, 2.75) is 0 Å². The molecule has 28 nitrogen and oxygen atoms in total. The maximum Gasteiger partial charge on any atom is 3.00 e. The van der Waals surface area contributed by atoms with Gasteiger partial charge in [0.2, 0.25) is 31.2 Å². The average Bonchev–Trinajstić information content (AvgIpc) is 1.92. The van der Waals surface area contributed by atoms with E-state index in [2.05, 4.69) is 0 Å². The molecule has 0 aromatic rings. The Morgan fingerprint density at radius 1 is 0.353 bits per heavy atom. The van der Waals surface area contributed by atoms with Crippen molar-refractivity contribution in [3.63, 3.8) is 0 Å². The maximum absolute atomic E-state index is 8.63. The van der Waals surface area contributed by atoms with E-state index in [0.29, 0.717) is 0 Å². The van der Waals surface area contributed by atoms with Crippen LogP contribution in [0.4, 0.5) is 0 Å². The van der Waals surface area contributed by atoms with E-state index in [1.807, 2.05) is 0 Å².